The summed E-state index contributed by atoms with van der Waals surface area (Å²) in [5, 5.41) is 19.2. The molecule has 0 saturated carbocycles. The van der Waals surface area contributed by atoms with Gasteiger partial charge in [0.1, 0.15) is 24.0 Å². The number of H-pyrrole nitrogens is 1. The first-order valence-corrected chi connectivity index (χ1v) is 16.5. The number of aromatic amines is 1. The number of hydrogen-bond acceptors (Lipinski definition) is 8. The number of piperidine rings is 1. The second-order valence-corrected chi connectivity index (χ2v) is 13.8. The van der Waals surface area contributed by atoms with Gasteiger partial charge in [-0.2, -0.15) is 18.3 Å². The van der Waals surface area contributed by atoms with Crippen molar-refractivity contribution in [3.8, 4) is 22.6 Å². The van der Waals surface area contributed by atoms with Gasteiger partial charge < -0.3 is 35.0 Å². The van der Waals surface area contributed by atoms with Crippen molar-refractivity contribution in [2.45, 2.75) is 18.7 Å². The van der Waals surface area contributed by atoms with Crippen LogP contribution in [0.3, 0.4) is 0 Å². The van der Waals surface area contributed by atoms with Gasteiger partial charge in [0, 0.05) is 45.3 Å². The largest absolute Gasteiger partial charge is 0.433 e. The molecule has 3 amide bonds. The summed E-state index contributed by atoms with van der Waals surface area (Å²) in [6.07, 6.45) is -2.51. The SMILES string of the molecule is Cn1c(-c2c(-c3ccc(N)cn3)n[nH]c2C(F)(F)F)cnc1C(=O)Nc1ccc(C(=O)N2CCN(C(=O)[C@H]3CC[N+](C)(C)C[C@H]3O)CC2)c(Cl)c1. The monoisotopic (exact) mass is 729 g/mol. The molecule has 0 bridgehead atoms. The summed E-state index contributed by atoms with van der Waals surface area (Å²) in [5.74, 6) is -1.85. The van der Waals surface area contributed by atoms with Crippen molar-refractivity contribution < 1.29 is 37.1 Å². The highest BCUT2D eigenvalue weighted by Gasteiger charge is 2.41. The lowest BCUT2D eigenvalue weighted by Gasteiger charge is -2.42. The minimum absolute atomic E-state index is 0.0475. The number of nitrogens with zero attached hydrogens (tertiary/aromatic N) is 7. The van der Waals surface area contributed by atoms with Crippen molar-refractivity contribution in [3.05, 3.63) is 64.8 Å². The van der Waals surface area contributed by atoms with E-state index in [1.807, 2.05) is 19.2 Å². The second kappa shape index (κ2) is 13.6. The number of hydrogen-bond donors (Lipinski definition) is 4. The molecule has 3 aromatic heterocycles. The van der Waals surface area contributed by atoms with Crippen LogP contribution in [0.4, 0.5) is 24.5 Å². The van der Waals surface area contributed by atoms with Gasteiger partial charge in [0.15, 0.2) is 5.82 Å². The molecular weight excluding hydrogens is 693 g/mol. The van der Waals surface area contributed by atoms with Crippen molar-refractivity contribution in [1.29, 1.82) is 0 Å². The van der Waals surface area contributed by atoms with Crippen LogP contribution in [0.2, 0.25) is 5.02 Å². The fourth-order valence-electron chi connectivity index (χ4n) is 6.56. The summed E-state index contributed by atoms with van der Waals surface area (Å²) in [7, 11) is 5.44. The maximum absolute atomic E-state index is 14.0. The lowest BCUT2D eigenvalue weighted by atomic mass is 9.91. The van der Waals surface area contributed by atoms with Crippen molar-refractivity contribution in [1.82, 2.24) is 34.5 Å². The highest BCUT2D eigenvalue weighted by molar-refractivity contribution is 6.34. The van der Waals surface area contributed by atoms with E-state index in [4.69, 9.17) is 17.3 Å². The summed E-state index contributed by atoms with van der Waals surface area (Å²) in [6.45, 7) is 2.52. The number of carbonyl (C=O) groups excluding carboxylic acids is 3. The lowest BCUT2D eigenvalue weighted by Crippen LogP contribution is -2.58. The van der Waals surface area contributed by atoms with Gasteiger partial charge in [-0.3, -0.25) is 24.5 Å². The van der Waals surface area contributed by atoms with Crippen LogP contribution in [-0.4, -0.2) is 121 Å². The van der Waals surface area contributed by atoms with Crippen LogP contribution in [0.25, 0.3) is 22.6 Å². The molecule has 2 saturated heterocycles. The van der Waals surface area contributed by atoms with Crippen molar-refractivity contribution in [2.24, 2.45) is 13.0 Å². The molecule has 2 aliphatic heterocycles. The molecule has 2 fully saturated rings. The van der Waals surface area contributed by atoms with E-state index in [1.165, 1.54) is 48.1 Å². The van der Waals surface area contributed by atoms with Crippen LogP contribution < -0.4 is 11.1 Å². The molecule has 2 aliphatic rings. The van der Waals surface area contributed by atoms with E-state index in [1.54, 1.807) is 9.80 Å². The Morgan fingerprint density at radius 2 is 1.76 bits per heavy atom. The fourth-order valence-corrected chi connectivity index (χ4v) is 6.82. The zero-order valence-electron chi connectivity index (χ0n) is 28.0. The predicted octanol–water partition coefficient (Wildman–Crippen LogP) is 3.12. The molecule has 0 aliphatic carbocycles. The summed E-state index contributed by atoms with van der Waals surface area (Å²) in [6, 6.07) is 7.25. The highest BCUT2D eigenvalue weighted by Crippen LogP contribution is 2.41. The van der Waals surface area contributed by atoms with Gasteiger partial charge >= 0.3 is 6.18 Å². The topological polar surface area (TPSA) is 175 Å². The number of halogens is 4. The molecule has 18 heteroatoms. The molecular formula is C33H37ClF3N10O4+. The van der Waals surface area contributed by atoms with E-state index in [0.717, 1.165) is 12.7 Å². The van der Waals surface area contributed by atoms with E-state index in [9.17, 15) is 32.7 Å². The quantitative estimate of drug-likeness (QED) is 0.219. The van der Waals surface area contributed by atoms with Gasteiger partial charge in [0.2, 0.25) is 5.91 Å². The Morgan fingerprint density at radius 3 is 2.39 bits per heavy atom. The van der Waals surface area contributed by atoms with E-state index in [2.05, 4.69) is 20.4 Å². The number of rotatable bonds is 6. The molecule has 14 nitrogen and oxygen atoms in total. The Hall–Kier alpha value is -5.00. The van der Waals surface area contributed by atoms with E-state index in [0.29, 0.717) is 36.2 Å². The number of imidazole rings is 1. The van der Waals surface area contributed by atoms with Gasteiger partial charge in [-0.25, -0.2) is 4.98 Å². The number of aliphatic hydroxyl groups excluding tert-OH is 1. The number of aromatic nitrogens is 5. The molecule has 270 valence electrons. The third kappa shape index (κ3) is 7.27. The number of carbonyl (C=O) groups is 3. The molecule has 2 atom stereocenters. The van der Waals surface area contributed by atoms with Gasteiger partial charge in [-0.1, -0.05) is 11.6 Å². The first kappa shape index (κ1) is 35.8. The maximum atomic E-state index is 14.0. The molecule has 51 heavy (non-hydrogen) atoms. The first-order valence-electron chi connectivity index (χ1n) is 16.1. The molecule has 0 unspecified atom stereocenters. The zero-order chi connectivity index (χ0) is 36.8. The zero-order valence-corrected chi connectivity index (χ0v) is 28.8. The van der Waals surface area contributed by atoms with Crippen LogP contribution in [0.5, 0.6) is 0 Å². The average Bonchev–Trinajstić information content (AvgIpc) is 3.68. The third-order valence-corrected chi connectivity index (χ3v) is 9.68. The predicted molar refractivity (Wildman–Crippen MR) is 181 cm³/mol. The van der Waals surface area contributed by atoms with Crippen LogP contribution >= 0.6 is 11.6 Å². The Labute approximate surface area is 295 Å². The van der Waals surface area contributed by atoms with Crippen molar-refractivity contribution in [3.63, 3.8) is 0 Å². The first-order chi connectivity index (χ1) is 24.0. The molecule has 0 radical (unpaired) electrons. The van der Waals surface area contributed by atoms with Crippen LogP contribution in [0.1, 0.15) is 33.1 Å². The average molecular weight is 730 g/mol. The number of likely N-dealkylation sites (tertiary alicyclic amines) is 1. The van der Waals surface area contributed by atoms with Crippen LogP contribution in [0, 0.1) is 5.92 Å². The number of nitrogens with one attached hydrogen (secondary N) is 2. The number of nitrogens with two attached hydrogens (primary N) is 1. The van der Waals surface area contributed by atoms with Gasteiger partial charge in [0.25, 0.3) is 11.8 Å². The highest BCUT2D eigenvalue weighted by atomic mass is 35.5. The van der Waals surface area contributed by atoms with E-state index < -0.39 is 29.8 Å². The molecule has 5 N–H and O–H groups in total. The van der Waals surface area contributed by atoms with E-state index in [-0.39, 0.29) is 69.6 Å². The second-order valence-electron chi connectivity index (χ2n) is 13.4. The van der Waals surface area contributed by atoms with Crippen LogP contribution in [0.15, 0.2) is 42.7 Å². The molecule has 6 rings (SSSR count). The number of quaternary nitrogens is 1. The summed E-state index contributed by atoms with van der Waals surface area (Å²) in [4.78, 5) is 51.3. The number of aliphatic hydroxyl groups is 1. The maximum Gasteiger partial charge on any atom is 0.433 e. The molecule has 0 spiro atoms. The molecule has 5 heterocycles. The Morgan fingerprint density at radius 1 is 1.06 bits per heavy atom. The standard InChI is InChI=1S/C33H36ClF3N10O4/c1-44-24(26-27(23-7-4-18(38)15-39-23)42-43-28(26)33(35,36)37)16-40-29(44)30(49)41-19-5-6-20(22(34)14-19)31(50)45-9-11-46(12-10-45)32(51)21-8-13-47(2,3)17-25(21)48/h4-7,14-16,21,25,48H,8-13,17H2,1-3H3,(H3-,38,39,40,41,42,43,49,50)/p+1/t21-,25+/m0/s1. The Kier molecular flexibility index (Phi) is 9.56. The number of alkyl halides is 3. The van der Waals surface area contributed by atoms with Gasteiger partial charge in [0.05, 0.1) is 72.2 Å². The summed E-state index contributed by atoms with van der Waals surface area (Å²) >= 11 is 6.50. The minimum atomic E-state index is -4.81. The van der Waals surface area contributed by atoms with Crippen molar-refractivity contribution in [2.75, 3.05) is 64.4 Å². The normalized spacial score (nSPS) is 19.2. The number of piperazine rings is 1. The third-order valence-electron chi connectivity index (χ3n) is 9.37. The van der Waals surface area contributed by atoms with Crippen molar-refractivity contribution >= 4 is 40.7 Å². The summed E-state index contributed by atoms with van der Waals surface area (Å²) < 4.78 is 43.9. The molecule has 1 aromatic carbocycles. The van der Waals surface area contributed by atoms with Gasteiger partial charge in [-0.15, -0.1) is 0 Å². The number of benzene rings is 1. The Balaban J connectivity index is 1.13. The lowest BCUT2D eigenvalue weighted by molar-refractivity contribution is -0.899. The fraction of sp³-hybridized carbons (Fsp3) is 0.394. The van der Waals surface area contributed by atoms with E-state index >= 15 is 0 Å². The molecule has 4 aromatic rings. The Bertz CT molecular complexity index is 1970. The smallest absolute Gasteiger partial charge is 0.397 e. The van der Waals surface area contributed by atoms with Gasteiger partial charge in [-0.05, 0) is 30.3 Å². The number of nitrogen functional groups attached to an aromatic ring is 1. The minimum Gasteiger partial charge on any atom is -0.397 e. The number of amides is 3. The summed E-state index contributed by atoms with van der Waals surface area (Å²) in [5.41, 5.74) is 4.90. The number of pyridine rings is 1. The number of anilines is 2. The van der Waals surface area contributed by atoms with Crippen LogP contribution in [-0.2, 0) is 18.0 Å². The number of likely N-dealkylation sites (N-methyl/N-ethyl adjacent to an activating group) is 1.